The lowest BCUT2D eigenvalue weighted by molar-refractivity contribution is -0.147. The largest absolute Gasteiger partial charge is 0.507 e. The molecule has 1 aliphatic heterocycles. The Kier molecular flexibility index (Phi) is 5.09. The van der Waals surface area contributed by atoms with Crippen molar-refractivity contribution in [3.63, 3.8) is 0 Å². The third kappa shape index (κ3) is 3.19. The smallest absolute Gasteiger partial charge is 0.336 e. The number of phenolic OH excluding ortho intramolecular Hbond substituents is 1. The Morgan fingerprint density at radius 1 is 1.38 bits per heavy atom. The molecular formula is C18H20O6. The Hall–Kier alpha value is -2.60. The minimum Gasteiger partial charge on any atom is -0.507 e. The lowest BCUT2D eigenvalue weighted by Gasteiger charge is -2.20. The molecule has 6 heteroatoms. The highest BCUT2D eigenvalue weighted by Gasteiger charge is 2.39. The second-order valence-electron chi connectivity index (χ2n) is 5.65. The Morgan fingerprint density at radius 2 is 2.04 bits per heavy atom. The molecule has 1 aliphatic rings. The molecule has 0 bridgehead atoms. The van der Waals surface area contributed by atoms with Gasteiger partial charge in [-0.3, -0.25) is 4.79 Å². The molecule has 0 saturated heterocycles. The van der Waals surface area contributed by atoms with Gasteiger partial charge < -0.3 is 19.7 Å². The highest BCUT2D eigenvalue weighted by molar-refractivity contribution is 5.97. The summed E-state index contributed by atoms with van der Waals surface area (Å²) in [5, 5.41) is 19.1. The van der Waals surface area contributed by atoms with E-state index in [0.29, 0.717) is 16.9 Å². The fourth-order valence-corrected chi connectivity index (χ4v) is 2.50. The third-order valence-corrected chi connectivity index (χ3v) is 3.84. The fraction of sp³-hybridized carbons (Fsp3) is 0.333. The first-order valence-electron chi connectivity index (χ1n) is 7.47. The van der Waals surface area contributed by atoms with Crippen LogP contribution in [0, 0.1) is 0 Å². The fourth-order valence-electron chi connectivity index (χ4n) is 2.50. The maximum Gasteiger partial charge on any atom is 0.336 e. The third-order valence-electron chi connectivity index (χ3n) is 3.84. The Bertz CT molecular complexity index is 731. The molecule has 128 valence electrons. The Labute approximate surface area is 140 Å². The van der Waals surface area contributed by atoms with Crippen LogP contribution in [0.1, 0.15) is 42.8 Å². The summed E-state index contributed by atoms with van der Waals surface area (Å²) in [5.41, 5.74) is 1.34. The highest BCUT2D eigenvalue weighted by atomic mass is 16.6. The van der Waals surface area contributed by atoms with Gasteiger partial charge in [-0.15, -0.1) is 0 Å². The van der Waals surface area contributed by atoms with Crippen LogP contribution in [-0.4, -0.2) is 34.7 Å². The maximum absolute atomic E-state index is 12.2. The predicted octanol–water partition coefficient (Wildman–Crippen LogP) is 2.45. The average molecular weight is 332 g/mol. The number of aliphatic hydroxyl groups excluding tert-OH is 1. The van der Waals surface area contributed by atoms with Crippen molar-refractivity contribution in [2.45, 2.75) is 33.0 Å². The van der Waals surface area contributed by atoms with E-state index in [9.17, 15) is 19.8 Å². The monoisotopic (exact) mass is 332 g/mol. The highest BCUT2D eigenvalue weighted by Crippen LogP contribution is 2.44. The van der Waals surface area contributed by atoms with Crippen LogP contribution >= 0.6 is 0 Å². The summed E-state index contributed by atoms with van der Waals surface area (Å²) in [5.74, 6) is -0.860. The number of rotatable bonds is 5. The summed E-state index contributed by atoms with van der Waals surface area (Å²) in [6.07, 6.45) is 0.0136. The molecule has 0 spiro atoms. The number of hydrogen-bond donors (Lipinski definition) is 2. The lowest BCUT2D eigenvalue weighted by Crippen LogP contribution is -2.25. The van der Waals surface area contributed by atoms with Crippen LogP contribution in [0.4, 0.5) is 0 Å². The van der Waals surface area contributed by atoms with Crippen molar-refractivity contribution < 1.29 is 29.3 Å². The van der Waals surface area contributed by atoms with E-state index in [-0.39, 0.29) is 22.7 Å². The normalized spacial score (nSPS) is 19.4. The van der Waals surface area contributed by atoms with Crippen molar-refractivity contribution >= 4 is 11.8 Å². The molecule has 0 radical (unpaired) electrons. The van der Waals surface area contributed by atoms with E-state index in [1.165, 1.54) is 25.1 Å². The number of hydrogen-bond acceptors (Lipinski definition) is 6. The van der Waals surface area contributed by atoms with Crippen LogP contribution < -0.4 is 4.74 Å². The average Bonchev–Trinajstić information content (AvgIpc) is 2.85. The molecule has 2 N–H and O–H groups in total. The summed E-state index contributed by atoms with van der Waals surface area (Å²) in [6, 6.07) is 2.79. The number of esters is 1. The van der Waals surface area contributed by atoms with Crippen LogP contribution in [0.25, 0.3) is 0 Å². The van der Waals surface area contributed by atoms with Gasteiger partial charge in [0.2, 0.25) is 0 Å². The minimum atomic E-state index is -0.815. The summed E-state index contributed by atoms with van der Waals surface area (Å²) in [6.45, 7) is 8.07. The van der Waals surface area contributed by atoms with Crippen molar-refractivity contribution in [2.24, 2.45) is 0 Å². The summed E-state index contributed by atoms with van der Waals surface area (Å²) >= 11 is 0. The van der Waals surface area contributed by atoms with Crippen molar-refractivity contribution in [2.75, 3.05) is 6.61 Å². The zero-order valence-corrected chi connectivity index (χ0v) is 13.8. The molecule has 0 saturated carbocycles. The number of ether oxygens (including phenoxy) is 2. The summed E-state index contributed by atoms with van der Waals surface area (Å²) in [7, 11) is 0. The molecule has 1 heterocycles. The van der Waals surface area contributed by atoms with Crippen molar-refractivity contribution in [1.82, 2.24) is 0 Å². The number of carbonyl (C=O) groups is 2. The molecular weight excluding hydrogens is 312 g/mol. The number of allylic oxidation sites excluding steroid dienone is 1. The van der Waals surface area contributed by atoms with E-state index in [0.717, 1.165) is 0 Å². The molecule has 2 unspecified atom stereocenters. The van der Waals surface area contributed by atoms with Gasteiger partial charge in [-0.05, 0) is 32.4 Å². The van der Waals surface area contributed by atoms with Crippen molar-refractivity contribution in [3.8, 4) is 11.5 Å². The number of phenols is 1. The van der Waals surface area contributed by atoms with Crippen LogP contribution in [0.15, 0.2) is 35.9 Å². The number of benzene rings is 1. The van der Waals surface area contributed by atoms with E-state index in [1.54, 1.807) is 13.8 Å². The van der Waals surface area contributed by atoms with Gasteiger partial charge in [0.25, 0.3) is 0 Å². The van der Waals surface area contributed by atoms with Crippen molar-refractivity contribution in [1.29, 1.82) is 0 Å². The second-order valence-corrected chi connectivity index (χ2v) is 5.65. The molecule has 0 aliphatic carbocycles. The zero-order valence-electron chi connectivity index (χ0n) is 13.8. The number of aromatic hydroxyl groups is 1. The van der Waals surface area contributed by atoms with Crippen LogP contribution in [0.3, 0.4) is 0 Å². The van der Waals surface area contributed by atoms with Crippen molar-refractivity contribution in [3.05, 3.63) is 47.1 Å². The molecule has 0 amide bonds. The standard InChI is InChI=1S/C18H20O6/c1-5-11(8-19)18(22)24-17-13-6-12(10(4)20)14(21)7-15(13)23-16(17)9(2)3/h5-7,16-17,19,21H,2,8H2,1,3-4H3. The SMILES string of the molecule is C=C(C)C1Oc2cc(O)c(C(C)=O)cc2C1OC(=O)C(=CC)CO. The maximum atomic E-state index is 12.2. The first-order valence-corrected chi connectivity index (χ1v) is 7.47. The first-order chi connectivity index (χ1) is 11.3. The van der Waals surface area contributed by atoms with Gasteiger partial charge in [0.05, 0.1) is 17.7 Å². The van der Waals surface area contributed by atoms with Gasteiger partial charge in [0, 0.05) is 11.6 Å². The molecule has 0 aromatic heterocycles. The summed E-state index contributed by atoms with van der Waals surface area (Å²) in [4.78, 5) is 23.8. The zero-order chi connectivity index (χ0) is 18.0. The van der Waals surface area contributed by atoms with E-state index in [2.05, 4.69) is 6.58 Å². The van der Waals surface area contributed by atoms with E-state index < -0.39 is 24.8 Å². The Balaban J connectivity index is 2.45. The topological polar surface area (TPSA) is 93.1 Å². The number of Topliss-reactive ketones (excluding diaryl/α,β-unsaturated/α-hetero) is 1. The van der Waals surface area contributed by atoms with Gasteiger partial charge in [0.1, 0.15) is 11.5 Å². The predicted molar refractivity (Wildman–Crippen MR) is 87.0 cm³/mol. The molecule has 2 atom stereocenters. The Morgan fingerprint density at radius 3 is 2.54 bits per heavy atom. The lowest BCUT2D eigenvalue weighted by atomic mass is 9.98. The molecule has 24 heavy (non-hydrogen) atoms. The van der Waals surface area contributed by atoms with Gasteiger partial charge in [0.15, 0.2) is 18.0 Å². The molecule has 1 aromatic rings. The van der Waals surface area contributed by atoms with Crippen LogP contribution in [0.2, 0.25) is 0 Å². The minimum absolute atomic E-state index is 0.120. The van der Waals surface area contributed by atoms with Crippen LogP contribution in [-0.2, 0) is 9.53 Å². The van der Waals surface area contributed by atoms with Gasteiger partial charge >= 0.3 is 5.97 Å². The van der Waals surface area contributed by atoms with Gasteiger partial charge in [-0.2, -0.15) is 0 Å². The second kappa shape index (κ2) is 6.88. The summed E-state index contributed by atoms with van der Waals surface area (Å²) < 4.78 is 11.2. The molecule has 1 aromatic carbocycles. The van der Waals surface area contributed by atoms with Gasteiger partial charge in [-0.25, -0.2) is 4.79 Å². The molecule has 0 fully saturated rings. The number of aliphatic hydroxyl groups is 1. The van der Waals surface area contributed by atoms with E-state index in [4.69, 9.17) is 9.47 Å². The van der Waals surface area contributed by atoms with E-state index >= 15 is 0 Å². The first kappa shape index (κ1) is 17.7. The molecule has 2 rings (SSSR count). The quantitative estimate of drug-likeness (QED) is 0.372. The number of carbonyl (C=O) groups excluding carboxylic acids is 2. The van der Waals surface area contributed by atoms with Gasteiger partial charge in [-0.1, -0.05) is 12.7 Å². The molecule has 6 nitrogen and oxygen atoms in total. The van der Waals surface area contributed by atoms with Crippen LogP contribution in [0.5, 0.6) is 11.5 Å². The number of fused-ring (bicyclic) bond motifs is 1. The number of ketones is 1. The van der Waals surface area contributed by atoms with E-state index in [1.807, 2.05) is 0 Å².